The summed E-state index contributed by atoms with van der Waals surface area (Å²) in [7, 11) is 1.68. The lowest BCUT2D eigenvalue weighted by Gasteiger charge is -2.16. The average Bonchev–Trinajstić information content (AvgIpc) is 2.72. The molecule has 2 atom stereocenters. The van der Waals surface area contributed by atoms with Crippen LogP contribution in [0, 0.1) is 0 Å². The zero-order valence-corrected chi connectivity index (χ0v) is 16.9. The van der Waals surface area contributed by atoms with Gasteiger partial charge in [-0.15, -0.1) is 0 Å². The highest BCUT2D eigenvalue weighted by atomic mass is 16.5. The van der Waals surface area contributed by atoms with Crippen molar-refractivity contribution in [3.63, 3.8) is 0 Å². The maximum Gasteiger partial charge on any atom is 0.118 e. The van der Waals surface area contributed by atoms with Crippen LogP contribution in [0.5, 0.6) is 5.75 Å². The maximum absolute atomic E-state index is 5.96. The normalized spacial score (nSPS) is 13.6. The predicted octanol–water partition coefficient (Wildman–Crippen LogP) is 5.51. The molecule has 0 bridgehead atoms. The third-order valence-corrected chi connectivity index (χ3v) is 4.57. The zero-order valence-electron chi connectivity index (χ0n) is 16.9. The quantitative estimate of drug-likeness (QED) is 0.502. The van der Waals surface area contributed by atoms with Crippen molar-refractivity contribution in [3.05, 3.63) is 77.9 Å². The summed E-state index contributed by atoms with van der Waals surface area (Å²) in [5.74, 6) is 0.870. The van der Waals surface area contributed by atoms with Crippen molar-refractivity contribution < 1.29 is 9.47 Å². The van der Waals surface area contributed by atoms with E-state index in [4.69, 9.17) is 9.47 Å². The van der Waals surface area contributed by atoms with Gasteiger partial charge in [-0.05, 0) is 36.6 Å². The third-order valence-electron chi connectivity index (χ3n) is 4.57. The van der Waals surface area contributed by atoms with E-state index in [-0.39, 0.29) is 6.10 Å². The van der Waals surface area contributed by atoms with E-state index < -0.39 is 0 Å². The highest BCUT2D eigenvalue weighted by Gasteiger charge is 2.06. The van der Waals surface area contributed by atoms with Gasteiger partial charge in [-0.25, -0.2) is 0 Å². The molecule has 0 fully saturated rings. The van der Waals surface area contributed by atoms with E-state index in [2.05, 4.69) is 61.6 Å². The van der Waals surface area contributed by atoms with Gasteiger partial charge in [0.15, 0.2) is 0 Å². The van der Waals surface area contributed by atoms with Crippen LogP contribution < -0.4 is 10.1 Å². The van der Waals surface area contributed by atoms with Crippen LogP contribution in [0.2, 0.25) is 0 Å². The molecule has 0 saturated carbocycles. The molecule has 0 amide bonds. The first-order valence-electron chi connectivity index (χ1n) is 9.91. The Morgan fingerprint density at radius 3 is 2.37 bits per heavy atom. The molecular weight excluding hydrogens is 334 g/mol. The molecule has 0 aliphatic rings. The maximum atomic E-state index is 5.96. The van der Waals surface area contributed by atoms with Crippen molar-refractivity contribution in [2.75, 3.05) is 7.11 Å². The van der Waals surface area contributed by atoms with Gasteiger partial charge in [0.2, 0.25) is 0 Å². The first-order valence-corrected chi connectivity index (χ1v) is 9.91. The summed E-state index contributed by atoms with van der Waals surface area (Å²) in [6.07, 6.45) is 8.08. The Labute approximate surface area is 164 Å². The number of nitrogens with one attached hydrogen (secondary N) is 1. The molecule has 0 aliphatic heterocycles. The first kappa shape index (κ1) is 21.2. The molecule has 3 heteroatoms. The lowest BCUT2D eigenvalue weighted by molar-refractivity contribution is 0.0837. The van der Waals surface area contributed by atoms with Crippen molar-refractivity contribution in [2.24, 2.45) is 0 Å². The number of benzene rings is 2. The number of hydrogen-bond acceptors (Lipinski definition) is 3. The summed E-state index contributed by atoms with van der Waals surface area (Å²) in [5.41, 5.74) is 2.47. The number of ether oxygens (including phenoxy) is 2. The van der Waals surface area contributed by atoms with Crippen LogP contribution in [-0.2, 0) is 17.9 Å². The summed E-state index contributed by atoms with van der Waals surface area (Å²) in [6, 6.07) is 18.9. The first-order chi connectivity index (χ1) is 13.2. The van der Waals surface area contributed by atoms with Crippen LogP contribution in [0.3, 0.4) is 0 Å². The highest BCUT2D eigenvalue weighted by molar-refractivity contribution is 5.26. The van der Waals surface area contributed by atoms with Crippen LogP contribution in [0.1, 0.15) is 44.2 Å². The molecule has 0 spiro atoms. The van der Waals surface area contributed by atoms with Gasteiger partial charge in [0.1, 0.15) is 5.75 Å². The van der Waals surface area contributed by atoms with E-state index in [9.17, 15) is 0 Å². The Kier molecular flexibility index (Phi) is 9.67. The monoisotopic (exact) mass is 367 g/mol. The van der Waals surface area contributed by atoms with Crippen molar-refractivity contribution in [2.45, 2.75) is 58.4 Å². The molecule has 0 saturated heterocycles. The summed E-state index contributed by atoms with van der Waals surface area (Å²) >= 11 is 0. The fraction of sp³-hybridized carbons (Fsp3) is 0.417. The fourth-order valence-electron chi connectivity index (χ4n) is 2.83. The standard InChI is InChI=1S/C24H33NO2/c1-4-5-11-23(25-18-21-9-7-6-8-10-21)15-12-20(2)27-19-22-13-16-24(26-3)17-14-22/h6-10,12-17,20,23,25H,4-5,11,18-19H2,1-3H3/b15-12+/t20-,23-/m1/s1. The second kappa shape index (κ2) is 12.3. The molecule has 2 aromatic rings. The van der Waals surface area contributed by atoms with Crippen molar-refractivity contribution >= 4 is 0 Å². The largest absolute Gasteiger partial charge is 0.497 e. The van der Waals surface area contributed by atoms with E-state index in [1.54, 1.807) is 7.11 Å². The Morgan fingerprint density at radius 1 is 0.963 bits per heavy atom. The molecule has 0 aliphatic carbocycles. The molecule has 27 heavy (non-hydrogen) atoms. The zero-order chi connectivity index (χ0) is 19.3. The minimum atomic E-state index is 0.0785. The van der Waals surface area contributed by atoms with Gasteiger partial charge in [0, 0.05) is 12.6 Å². The molecule has 1 N–H and O–H groups in total. The van der Waals surface area contributed by atoms with E-state index in [0.29, 0.717) is 12.6 Å². The van der Waals surface area contributed by atoms with Crippen molar-refractivity contribution in [3.8, 4) is 5.75 Å². The summed E-state index contributed by atoms with van der Waals surface area (Å²) in [5, 5.41) is 3.66. The second-order valence-electron chi connectivity index (χ2n) is 6.86. The van der Waals surface area contributed by atoms with E-state index >= 15 is 0 Å². The number of hydrogen-bond donors (Lipinski definition) is 1. The molecule has 2 aromatic carbocycles. The number of methoxy groups -OCH3 is 1. The van der Waals surface area contributed by atoms with Gasteiger partial charge >= 0.3 is 0 Å². The van der Waals surface area contributed by atoms with Gasteiger partial charge in [0.25, 0.3) is 0 Å². The van der Waals surface area contributed by atoms with E-state index in [0.717, 1.165) is 24.3 Å². The lowest BCUT2D eigenvalue weighted by Crippen LogP contribution is -2.27. The van der Waals surface area contributed by atoms with Crippen LogP contribution >= 0.6 is 0 Å². The van der Waals surface area contributed by atoms with Gasteiger partial charge in [-0.1, -0.05) is 74.4 Å². The lowest BCUT2D eigenvalue weighted by atomic mass is 10.1. The Balaban J connectivity index is 1.81. The van der Waals surface area contributed by atoms with Gasteiger partial charge in [-0.3, -0.25) is 0 Å². The summed E-state index contributed by atoms with van der Waals surface area (Å²) in [6.45, 7) is 5.82. The Morgan fingerprint density at radius 2 is 1.70 bits per heavy atom. The van der Waals surface area contributed by atoms with Crippen molar-refractivity contribution in [1.29, 1.82) is 0 Å². The number of rotatable bonds is 12. The highest BCUT2D eigenvalue weighted by Crippen LogP contribution is 2.13. The average molecular weight is 368 g/mol. The molecule has 0 unspecified atom stereocenters. The fourth-order valence-corrected chi connectivity index (χ4v) is 2.83. The van der Waals surface area contributed by atoms with Crippen molar-refractivity contribution in [1.82, 2.24) is 5.32 Å². The van der Waals surface area contributed by atoms with Gasteiger partial charge < -0.3 is 14.8 Å². The van der Waals surface area contributed by atoms with Gasteiger partial charge in [0.05, 0.1) is 19.8 Å². The number of unbranched alkanes of at least 4 members (excludes halogenated alkanes) is 1. The minimum Gasteiger partial charge on any atom is -0.497 e. The molecule has 0 heterocycles. The van der Waals surface area contributed by atoms with Crippen LogP contribution in [-0.4, -0.2) is 19.3 Å². The molecule has 146 valence electrons. The summed E-state index contributed by atoms with van der Waals surface area (Å²) < 4.78 is 11.2. The SMILES string of the molecule is CCCC[C@H](/C=C/[C@@H](C)OCc1ccc(OC)cc1)NCc1ccccc1. The molecule has 0 aromatic heterocycles. The molecule has 2 rings (SSSR count). The van der Waals surface area contributed by atoms with Crippen LogP contribution in [0.25, 0.3) is 0 Å². The molecule has 0 radical (unpaired) electrons. The third kappa shape index (κ3) is 8.42. The van der Waals surface area contributed by atoms with Gasteiger partial charge in [-0.2, -0.15) is 0 Å². The molecular formula is C24H33NO2. The predicted molar refractivity (Wildman–Crippen MR) is 113 cm³/mol. The molecule has 3 nitrogen and oxygen atoms in total. The van der Waals surface area contributed by atoms with E-state index in [1.165, 1.54) is 18.4 Å². The Bertz CT molecular complexity index is 652. The van der Waals surface area contributed by atoms with Crippen LogP contribution in [0.15, 0.2) is 66.7 Å². The van der Waals surface area contributed by atoms with Crippen LogP contribution in [0.4, 0.5) is 0 Å². The summed E-state index contributed by atoms with van der Waals surface area (Å²) in [4.78, 5) is 0. The Hall–Kier alpha value is -2.10. The minimum absolute atomic E-state index is 0.0785. The smallest absolute Gasteiger partial charge is 0.118 e. The topological polar surface area (TPSA) is 30.5 Å². The van der Waals surface area contributed by atoms with E-state index in [1.807, 2.05) is 24.3 Å². The second-order valence-corrected chi connectivity index (χ2v) is 6.86.